The summed E-state index contributed by atoms with van der Waals surface area (Å²) in [4.78, 5) is 11.8. The average molecular weight is 326 g/mol. The minimum atomic E-state index is -0.503. The lowest BCUT2D eigenvalue weighted by molar-refractivity contribution is 0.0504. The third kappa shape index (κ3) is 5.47. The second-order valence-corrected chi connectivity index (χ2v) is 6.10. The van der Waals surface area contributed by atoms with Crippen LogP contribution in [0, 0.1) is 0 Å². The number of ether oxygens (including phenoxy) is 1. The molecule has 1 aromatic carbocycles. The molecule has 1 unspecified atom stereocenters. The summed E-state index contributed by atoms with van der Waals surface area (Å²) in [7, 11) is 0. The Morgan fingerprint density at radius 2 is 2.11 bits per heavy atom. The largest absolute Gasteiger partial charge is 0.444 e. The van der Waals surface area contributed by atoms with Crippen LogP contribution in [0.4, 0.5) is 4.79 Å². The van der Waals surface area contributed by atoms with E-state index in [0.717, 1.165) is 10.0 Å². The molecular weight excluding hydrogens is 306 g/mol. The van der Waals surface area contributed by atoms with Crippen molar-refractivity contribution >= 4 is 22.0 Å². The molecule has 0 aliphatic carbocycles. The van der Waals surface area contributed by atoms with Gasteiger partial charge in [-0.25, -0.2) is 4.79 Å². The number of amides is 1. The van der Waals surface area contributed by atoms with Gasteiger partial charge in [-0.2, -0.15) is 0 Å². The molecule has 0 heterocycles. The van der Waals surface area contributed by atoms with Gasteiger partial charge in [-0.05, 0) is 38.8 Å². The van der Waals surface area contributed by atoms with E-state index in [0.29, 0.717) is 6.42 Å². The first-order chi connectivity index (χ1) is 8.83. The highest BCUT2D eigenvalue weighted by molar-refractivity contribution is 9.10. The highest BCUT2D eigenvalue weighted by atomic mass is 79.9. The molecule has 104 valence electrons. The van der Waals surface area contributed by atoms with E-state index in [4.69, 9.17) is 4.74 Å². The summed E-state index contributed by atoms with van der Waals surface area (Å²) in [5.74, 6) is 0. The van der Waals surface area contributed by atoms with Crippen molar-refractivity contribution in [1.29, 1.82) is 0 Å². The van der Waals surface area contributed by atoms with E-state index >= 15 is 0 Å². The van der Waals surface area contributed by atoms with E-state index in [2.05, 4.69) is 27.8 Å². The van der Waals surface area contributed by atoms with Crippen molar-refractivity contribution in [3.63, 3.8) is 0 Å². The standard InChI is InChI=1S/C15H20BrNO2/c1-5-8-13(11-9-6-7-10-12(11)16)17-14(18)19-15(2,3)4/h5-7,9-10,13H,1,8H2,2-4H3,(H,17,18). The van der Waals surface area contributed by atoms with Crippen LogP contribution < -0.4 is 5.32 Å². The molecule has 0 radical (unpaired) electrons. The van der Waals surface area contributed by atoms with Crippen molar-refractivity contribution in [2.75, 3.05) is 0 Å². The summed E-state index contributed by atoms with van der Waals surface area (Å²) < 4.78 is 6.23. The van der Waals surface area contributed by atoms with E-state index in [1.807, 2.05) is 45.0 Å². The van der Waals surface area contributed by atoms with Crippen LogP contribution in [0.25, 0.3) is 0 Å². The lowest BCUT2D eigenvalue weighted by Gasteiger charge is -2.24. The first-order valence-electron chi connectivity index (χ1n) is 6.18. The Balaban J connectivity index is 2.82. The fourth-order valence-corrected chi connectivity index (χ4v) is 2.20. The SMILES string of the molecule is C=CCC(NC(=O)OC(C)(C)C)c1ccccc1Br. The predicted octanol–water partition coefficient (Wildman–Crippen LogP) is 4.59. The summed E-state index contributed by atoms with van der Waals surface area (Å²) in [6.07, 6.45) is 2.00. The average Bonchev–Trinajstić information content (AvgIpc) is 2.26. The second-order valence-electron chi connectivity index (χ2n) is 5.24. The normalized spacial score (nSPS) is 12.6. The molecule has 19 heavy (non-hydrogen) atoms. The molecule has 1 atom stereocenters. The van der Waals surface area contributed by atoms with Crippen LogP contribution in [0.3, 0.4) is 0 Å². The van der Waals surface area contributed by atoms with Crippen molar-refractivity contribution in [2.24, 2.45) is 0 Å². The number of benzene rings is 1. The van der Waals surface area contributed by atoms with Crippen LogP contribution >= 0.6 is 15.9 Å². The van der Waals surface area contributed by atoms with Gasteiger partial charge in [0, 0.05) is 4.47 Å². The van der Waals surface area contributed by atoms with Gasteiger partial charge in [0.25, 0.3) is 0 Å². The minimum Gasteiger partial charge on any atom is -0.444 e. The van der Waals surface area contributed by atoms with Gasteiger partial charge in [-0.1, -0.05) is 40.2 Å². The van der Waals surface area contributed by atoms with Crippen LogP contribution in [-0.4, -0.2) is 11.7 Å². The summed E-state index contributed by atoms with van der Waals surface area (Å²) in [6, 6.07) is 7.64. The zero-order valence-corrected chi connectivity index (χ0v) is 13.2. The van der Waals surface area contributed by atoms with Gasteiger partial charge >= 0.3 is 6.09 Å². The first-order valence-corrected chi connectivity index (χ1v) is 6.97. The van der Waals surface area contributed by atoms with Gasteiger partial charge in [-0.3, -0.25) is 0 Å². The Morgan fingerprint density at radius 3 is 2.63 bits per heavy atom. The molecule has 0 fully saturated rings. The molecule has 0 aliphatic rings. The third-order valence-electron chi connectivity index (χ3n) is 2.37. The Morgan fingerprint density at radius 1 is 1.47 bits per heavy atom. The Kier molecular flexibility index (Phi) is 5.60. The van der Waals surface area contributed by atoms with Crippen LogP contribution in [0.1, 0.15) is 38.8 Å². The molecule has 0 spiro atoms. The zero-order chi connectivity index (χ0) is 14.5. The van der Waals surface area contributed by atoms with Crippen LogP contribution in [0.5, 0.6) is 0 Å². The number of alkyl carbamates (subject to hydrolysis) is 1. The maximum absolute atomic E-state index is 11.8. The van der Waals surface area contributed by atoms with Crippen molar-refractivity contribution in [2.45, 2.75) is 38.8 Å². The molecule has 0 aliphatic heterocycles. The van der Waals surface area contributed by atoms with E-state index in [-0.39, 0.29) is 6.04 Å². The van der Waals surface area contributed by atoms with Crippen LogP contribution in [0.15, 0.2) is 41.4 Å². The number of nitrogens with one attached hydrogen (secondary N) is 1. The highest BCUT2D eigenvalue weighted by Crippen LogP contribution is 2.26. The second kappa shape index (κ2) is 6.75. The predicted molar refractivity (Wildman–Crippen MR) is 81.1 cm³/mol. The smallest absolute Gasteiger partial charge is 0.408 e. The van der Waals surface area contributed by atoms with Crippen molar-refractivity contribution in [3.8, 4) is 0 Å². The van der Waals surface area contributed by atoms with Gasteiger partial charge in [0.15, 0.2) is 0 Å². The van der Waals surface area contributed by atoms with E-state index in [9.17, 15) is 4.79 Å². The van der Waals surface area contributed by atoms with Crippen molar-refractivity contribution in [1.82, 2.24) is 5.32 Å². The van der Waals surface area contributed by atoms with Gasteiger partial charge < -0.3 is 10.1 Å². The molecule has 0 aromatic heterocycles. The number of hydrogen-bond donors (Lipinski definition) is 1. The Labute approximate surface area is 123 Å². The van der Waals surface area contributed by atoms with E-state index < -0.39 is 11.7 Å². The lowest BCUT2D eigenvalue weighted by Crippen LogP contribution is -2.35. The van der Waals surface area contributed by atoms with Crippen LogP contribution in [0.2, 0.25) is 0 Å². The minimum absolute atomic E-state index is 0.150. The quantitative estimate of drug-likeness (QED) is 0.822. The number of rotatable bonds is 4. The molecule has 1 aromatic rings. The number of hydrogen-bond acceptors (Lipinski definition) is 2. The first kappa shape index (κ1) is 15.8. The van der Waals surface area contributed by atoms with Crippen molar-refractivity contribution < 1.29 is 9.53 Å². The van der Waals surface area contributed by atoms with Gasteiger partial charge in [-0.15, -0.1) is 6.58 Å². The molecule has 0 saturated heterocycles. The summed E-state index contributed by atoms with van der Waals surface area (Å²) in [6.45, 7) is 9.25. The molecule has 1 N–H and O–H groups in total. The molecule has 3 nitrogen and oxygen atoms in total. The van der Waals surface area contributed by atoms with Gasteiger partial charge in [0.2, 0.25) is 0 Å². The number of halogens is 1. The Hall–Kier alpha value is -1.29. The Bertz CT molecular complexity index is 452. The zero-order valence-electron chi connectivity index (χ0n) is 11.6. The highest BCUT2D eigenvalue weighted by Gasteiger charge is 2.20. The molecule has 1 amide bonds. The van der Waals surface area contributed by atoms with E-state index in [1.165, 1.54) is 0 Å². The topological polar surface area (TPSA) is 38.3 Å². The van der Waals surface area contributed by atoms with E-state index in [1.54, 1.807) is 6.08 Å². The van der Waals surface area contributed by atoms with Gasteiger partial charge in [0.05, 0.1) is 6.04 Å². The number of carbonyl (C=O) groups is 1. The molecule has 1 rings (SSSR count). The lowest BCUT2D eigenvalue weighted by atomic mass is 10.0. The molecule has 4 heteroatoms. The third-order valence-corrected chi connectivity index (χ3v) is 3.10. The summed E-state index contributed by atoms with van der Waals surface area (Å²) >= 11 is 3.49. The molecular formula is C15H20BrNO2. The number of carbonyl (C=O) groups excluding carboxylic acids is 1. The van der Waals surface area contributed by atoms with Gasteiger partial charge in [0.1, 0.15) is 5.60 Å². The molecule has 0 saturated carbocycles. The molecule has 0 bridgehead atoms. The van der Waals surface area contributed by atoms with Crippen molar-refractivity contribution in [3.05, 3.63) is 47.0 Å². The monoisotopic (exact) mass is 325 g/mol. The maximum Gasteiger partial charge on any atom is 0.408 e. The van der Waals surface area contributed by atoms with Crippen LogP contribution in [-0.2, 0) is 4.74 Å². The fourth-order valence-electron chi connectivity index (χ4n) is 1.64. The maximum atomic E-state index is 11.8. The fraction of sp³-hybridized carbons (Fsp3) is 0.400. The summed E-state index contributed by atoms with van der Waals surface area (Å²) in [5, 5.41) is 2.87. The summed E-state index contributed by atoms with van der Waals surface area (Å²) in [5.41, 5.74) is 0.504.